The third kappa shape index (κ3) is 4.41. The summed E-state index contributed by atoms with van der Waals surface area (Å²) in [5.41, 5.74) is -0.463. The SMILES string of the molecule is CO[C@@H]1[C@H](O)[C@@H](O)[C@H](O)[C@@H](CO)O[C@H]1n1ccc(NC(=O)c2ccccc2)nc1=O. The second-order valence-electron chi connectivity index (χ2n) is 6.74. The summed E-state index contributed by atoms with van der Waals surface area (Å²) in [6, 6.07) is 9.70. The van der Waals surface area contributed by atoms with Crippen LogP contribution in [0.5, 0.6) is 0 Å². The molecule has 0 aliphatic carbocycles. The number of nitrogens with one attached hydrogen (secondary N) is 1. The molecule has 1 fully saturated rings. The van der Waals surface area contributed by atoms with E-state index in [2.05, 4.69) is 10.3 Å². The first-order chi connectivity index (χ1) is 14.4. The number of hydrogen-bond donors (Lipinski definition) is 5. The van der Waals surface area contributed by atoms with E-state index in [1.54, 1.807) is 30.3 Å². The normalized spacial score (nSPS) is 29.2. The molecule has 0 spiro atoms. The Morgan fingerprint density at radius 1 is 1.17 bits per heavy atom. The lowest BCUT2D eigenvalue weighted by atomic mass is 10.0. The second kappa shape index (κ2) is 9.43. The molecular weight excluding hydrogens is 398 g/mol. The number of nitrogens with zero attached hydrogens (tertiary/aromatic N) is 2. The van der Waals surface area contributed by atoms with E-state index >= 15 is 0 Å². The zero-order chi connectivity index (χ0) is 21.8. The van der Waals surface area contributed by atoms with Crippen molar-refractivity contribution < 1.29 is 34.7 Å². The average molecular weight is 421 g/mol. The van der Waals surface area contributed by atoms with Gasteiger partial charge in [0.1, 0.15) is 36.3 Å². The summed E-state index contributed by atoms with van der Waals surface area (Å²) >= 11 is 0. The quantitative estimate of drug-likeness (QED) is 0.386. The van der Waals surface area contributed by atoms with E-state index in [-0.39, 0.29) is 5.82 Å². The summed E-state index contributed by atoms with van der Waals surface area (Å²) in [6.07, 6.45) is -7.49. The molecule has 1 aliphatic rings. The molecule has 0 saturated carbocycles. The van der Waals surface area contributed by atoms with Gasteiger partial charge in [-0.1, -0.05) is 18.2 Å². The number of methoxy groups -OCH3 is 1. The van der Waals surface area contributed by atoms with Gasteiger partial charge in [-0.15, -0.1) is 0 Å². The van der Waals surface area contributed by atoms with E-state index in [0.29, 0.717) is 5.56 Å². The van der Waals surface area contributed by atoms with Gasteiger partial charge in [-0.25, -0.2) is 4.79 Å². The van der Waals surface area contributed by atoms with Crippen LogP contribution in [0.4, 0.5) is 5.82 Å². The summed E-state index contributed by atoms with van der Waals surface area (Å²) < 4.78 is 11.7. The average Bonchev–Trinajstić information content (AvgIpc) is 2.84. The zero-order valence-electron chi connectivity index (χ0n) is 16.0. The third-order valence-electron chi connectivity index (χ3n) is 4.85. The summed E-state index contributed by atoms with van der Waals surface area (Å²) in [5, 5.41) is 42.5. The van der Waals surface area contributed by atoms with Gasteiger partial charge in [0.15, 0.2) is 6.23 Å². The highest BCUT2D eigenvalue weighted by molar-refractivity contribution is 6.03. The Morgan fingerprint density at radius 2 is 1.87 bits per heavy atom. The molecule has 2 heterocycles. The highest BCUT2D eigenvalue weighted by Gasteiger charge is 2.46. The number of benzene rings is 1. The summed E-state index contributed by atoms with van der Waals surface area (Å²) in [4.78, 5) is 28.6. The number of aliphatic hydroxyl groups is 4. The number of carbonyl (C=O) groups excluding carboxylic acids is 1. The number of anilines is 1. The van der Waals surface area contributed by atoms with Gasteiger partial charge in [0.2, 0.25) is 0 Å². The molecule has 1 saturated heterocycles. The number of rotatable bonds is 5. The lowest BCUT2D eigenvalue weighted by Gasteiger charge is -2.29. The maximum absolute atomic E-state index is 12.6. The first kappa shape index (κ1) is 22.0. The van der Waals surface area contributed by atoms with Gasteiger partial charge < -0.3 is 35.2 Å². The molecule has 1 aliphatic heterocycles. The van der Waals surface area contributed by atoms with Crippen LogP contribution in [0.25, 0.3) is 0 Å². The van der Waals surface area contributed by atoms with Crippen molar-refractivity contribution in [3.8, 4) is 0 Å². The maximum Gasteiger partial charge on any atom is 0.351 e. The highest BCUT2D eigenvalue weighted by Crippen LogP contribution is 2.28. The van der Waals surface area contributed by atoms with Crippen LogP contribution in [0.1, 0.15) is 16.6 Å². The monoisotopic (exact) mass is 421 g/mol. The fraction of sp³-hybridized carbons (Fsp3) is 0.421. The minimum Gasteiger partial charge on any atom is -0.394 e. The molecule has 11 heteroatoms. The van der Waals surface area contributed by atoms with Crippen LogP contribution in [-0.2, 0) is 9.47 Å². The van der Waals surface area contributed by atoms with Gasteiger partial charge in [-0.2, -0.15) is 4.98 Å². The molecule has 162 valence electrons. The lowest BCUT2D eigenvalue weighted by molar-refractivity contribution is -0.161. The van der Waals surface area contributed by atoms with Crippen LogP contribution in [0, 0.1) is 0 Å². The van der Waals surface area contributed by atoms with Gasteiger partial charge >= 0.3 is 5.69 Å². The number of aromatic nitrogens is 2. The molecule has 2 aromatic rings. The molecule has 30 heavy (non-hydrogen) atoms. The summed E-state index contributed by atoms with van der Waals surface area (Å²) in [5.74, 6) is -0.463. The molecular formula is C19H23N3O8. The predicted octanol–water partition coefficient (Wildman–Crippen LogP) is -1.52. The minimum atomic E-state index is -1.68. The van der Waals surface area contributed by atoms with Gasteiger partial charge in [0, 0.05) is 18.9 Å². The van der Waals surface area contributed by atoms with Crippen LogP contribution in [0.3, 0.4) is 0 Å². The minimum absolute atomic E-state index is 0.00739. The van der Waals surface area contributed by atoms with Crippen molar-refractivity contribution in [1.29, 1.82) is 0 Å². The van der Waals surface area contributed by atoms with Crippen molar-refractivity contribution in [2.24, 2.45) is 0 Å². The maximum atomic E-state index is 12.6. The Labute approximate surface area is 171 Å². The smallest absolute Gasteiger partial charge is 0.351 e. The Balaban J connectivity index is 1.88. The number of amides is 1. The third-order valence-corrected chi connectivity index (χ3v) is 4.85. The fourth-order valence-electron chi connectivity index (χ4n) is 3.21. The van der Waals surface area contributed by atoms with Crippen molar-refractivity contribution in [1.82, 2.24) is 9.55 Å². The molecule has 6 atom stereocenters. The van der Waals surface area contributed by atoms with Gasteiger partial charge in [-0.05, 0) is 18.2 Å². The number of ether oxygens (including phenoxy) is 2. The van der Waals surface area contributed by atoms with Crippen LogP contribution < -0.4 is 11.0 Å². The molecule has 1 aromatic heterocycles. The topological polar surface area (TPSA) is 163 Å². The van der Waals surface area contributed by atoms with Gasteiger partial charge in [-0.3, -0.25) is 9.36 Å². The Morgan fingerprint density at radius 3 is 2.47 bits per heavy atom. The summed E-state index contributed by atoms with van der Waals surface area (Å²) in [6.45, 7) is -0.675. The molecule has 0 unspecified atom stereocenters. The Kier molecular flexibility index (Phi) is 6.92. The van der Waals surface area contributed by atoms with E-state index in [4.69, 9.17) is 9.47 Å². The van der Waals surface area contributed by atoms with E-state index < -0.39 is 55.0 Å². The molecule has 3 rings (SSSR count). The predicted molar refractivity (Wildman–Crippen MR) is 103 cm³/mol. The van der Waals surface area contributed by atoms with Crippen molar-refractivity contribution >= 4 is 11.7 Å². The van der Waals surface area contributed by atoms with Crippen molar-refractivity contribution in [2.75, 3.05) is 19.0 Å². The summed E-state index contributed by atoms with van der Waals surface area (Å²) in [7, 11) is 1.23. The first-order valence-electron chi connectivity index (χ1n) is 9.16. The molecule has 1 aromatic carbocycles. The van der Waals surface area contributed by atoms with Gasteiger partial charge in [0.05, 0.1) is 6.61 Å². The zero-order valence-corrected chi connectivity index (χ0v) is 16.0. The first-order valence-corrected chi connectivity index (χ1v) is 9.16. The largest absolute Gasteiger partial charge is 0.394 e. The molecule has 0 bridgehead atoms. The standard InChI is InChI=1S/C19H23N3O8/c1-29-16-15(26)14(25)13(24)11(9-23)30-18(16)22-8-7-12(21-19(22)28)20-17(27)10-5-3-2-4-6-10/h2-8,11,13-16,18,23-26H,9H2,1H3,(H,20,21,27,28)/t11-,13-,14+,15-,16-,18-/m1/s1. The number of aliphatic hydroxyl groups excluding tert-OH is 4. The Bertz CT molecular complexity index is 921. The second-order valence-corrected chi connectivity index (χ2v) is 6.74. The van der Waals surface area contributed by atoms with Crippen molar-refractivity contribution in [2.45, 2.75) is 36.7 Å². The van der Waals surface area contributed by atoms with Crippen molar-refractivity contribution in [3.63, 3.8) is 0 Å². The van der Waals surface area contributed by atoms with Crippen LogP contribution in [0.2, 0.25) is 0 Å². The van der Waals surface area contributed by atoms with Crippen LogP contribution in [-0.4, -0.2) is 80.1 Å². The van der Waals surface area contributed by atoms with Crippen molar-refractivity contribution in [3.05, 3.63) is 58.6 Å². The Hall–Kier alpha value is -2.67. The van der Waals surface area contributed by atoms with E-state index in [1.807, 2.05) is 0 Å². The van der Waals surface area contributed by atoms with Crippen LogP contribution >= 0.6 is 0 Å². The van der Waals surface area contributed by atoms with E-state index in [0.717, 1.165) is 4.57 Å². The van der Waals surface area contributed by atoms with E-state index in [1.165, 1.54) is 19.4 Å². The number of hydrogen-bond acceptors (Lipinski definition) is 9. The van der Waals surface area contributed by atoms with Crippen LogP contribution in [0.15, 0.2) is 47.4 Å². The highest BCUT2D eigenvalue weighted by atomic mass is 16.6. The molecule has 1 amide bonds. The molecule has 11 nitrogen and oxygen atoms in total. The fourth-order valence-corrected chi connectivity index (χ4v) is 3.21. The number of carbonyl (C=O) groups is 1. The molecule has 0 radical (unpaired) electrons. The van der Waals surface area contributed by atoms with E-state index in [9.17, 15) is 30.0 Å². The lowest BCUT2D eigenvalue weighted by Crippen LogP contribution is -2.48. The van der Waals surface area contributed by atoms with Gasteiger partial charge in [0.25, 0.3) is 5.91 Å². The molecule has 5 N–H and O–H groups in total.